The molecule has 5 nitrogen and oxygen atoms in total. The fraction of sp³-hybridized carbons (Fsp3) is 0.769. The molecule has 0 radical (unpaired) electrons. The number of sulfonamides is 1. The Hall–Kier alpha value is -0.880. The van der Waals surface area contributed by atoms with Crippen LogP contribution in [0.25, 0.3) is 0 Å². The lowest BCUT2D eigenvalue weighted by Crippen LogP contribution is -2.47. The van der Waals surface area contributed by atoms with E-state index in [9.17, 15) is 13.2 Å². The molecule has 0 spiro atoms. The molecule has 0 aromatic rings. The van der Waals surface area contributed by atoms with Crippen molar-refractivity contribution in [1.29, 1.82) is 0 Å². The summed E-state index contributed by atoms with van der Waals surface area (Å²) in [5, 5.41) is 4.59. The molecule has 0 aromatic carbocycles. The standard InChI is InChI=1S/C13H22N2O3S/c14-19(17,18)12-7-4-8-15(10-12)13(16)9-11-5-2-1-3-6-11/h5,12H,1-4,6-10H2,(H2,14,17,18). The van der Waals surface area contributed by atoms with E-state index in [0.29, 0.717) is 25.8 Å². The number of allylic oxidation sites excluding steroid dienone is 1. The van der Waals surface area contributed by atoms with E-state index in [2.05, 4.69) is 6.08 Å². The molecule has 2 rings (SSSR count). The molecule has 6 heteroatoms. The molecule has 0 bridgehead atoms. The molecule has 1 amide bonds. The van der Waals surface area contributed by atoms with Crippen molar-refractivity contribution in [3.8, 4) is 0 Å². The Balaban J connectivity index is 1.93. The summed E-state index contributed by atoms with van der Waals surface area (Å²) in [6, 6.07) is 0. The first-order valence-electron chi connectivity index (χ1n) is 6.94. The molecular formula is C13H22N2O3S. The van der Waals surface area contributed by atoms with Gasteiger partial charge in [-0.2, -0.15) is 0 Å². The van der Waals surface area contributed by atoms with Crippen molar-refractivity contribution in [3.05, 3.63) is 11.6 Å². The first-order valence-corrected chi connectivity index (χ1v) is 8.55. The number of nitrogens with two attached hydrogens (primary N) is 1. The molecule has 1 unspecified atom stereocenters. The second-order valence-corrected chi connectivity index (χ2v) is 7.32. The maximum absolute atomic E-state index is 12.2. The number of carbonyl (C=O) groups excluding carboxylic acids is 1. The van der Waals surface area contributed by atoms with Crippen LogP contribution in [-0.2, 0) is 14.8 Å². The number of amides is 1. The zero-order chi connectivity index (χ0) is 13.9. The Morgan fingerprint density at radius 3 is 2.79 bits per heavy atom. The summed E-state index contributed by atoms with van der Waals surface area (Å²) < 4.78 is 22.7. The van der Waals surface area contributed by atoms with Gasteiger partial charge in [-0.25, -0.2) is 13.6 Å². The zero-order valence-electron chi connectivity index (χ0n) is 11.2. The summed E-state index contributed by atoms with van der Waals surface area (Å²) >= 11 is 0. The average Bonchev–Trinajstić information content (AvgIpc) is 2.39. The zero-order valence-corrected chi connectivity index (χ0v) is 12.0. The number of carbonyl (C=O) groups is 1. The first kappa shape index (κ1) is 14.5. The van der Waals surface area contributed by atoms with Gasteiger partial charge < -0.3 is 4.90 Å². The van der Waals surface area contributed by atoms with E-state index in [0.717, 1.165) is 19.3 Å². The summed E-state index contributed by atoms with van der Waals surface area (Å²) in [5.41, 5.74) is 1.20. The van der Waals surface area contributed by atoms with Crippen LogP contribution in [-0.4, -0.2) is 37.6 Å². The molecule has 0 aromatic heterocycles. The van der Waals surface area contributed by atoms with E-state index < -0.39 is 15.3 Å². The predicted molar refractivity (Wildman–Crippen MR) is 73.9 cm³/mol. The molecule has 1 fully saturated rings. The minimum absolute atomic E-state index is 0.0431. The van der Waals surface area contributed by atoms with Crippen molar-refractivity contribution in [2.75, 3.05) is 13.1 Å². The fourth-order valence-corrected chi connectivity index (χ4v) is 3.69. The summed E-state index contributed by atoms with van der Waals surface area (Å²) in [7, 11) is -3.53. The van der Waals surface area contributed by atoms with Crippen LogP contribution in [0, 0.1) is 0 Å². The van der Waals surface area contributed by atoms with E-state index in [1.54, 1.807) is 4.90 Å². The number of nitrogens with zero attached hydrogens (tertiary/aromatic N) is 1. The van der Waals surface area contributed by atoms with Crippen molar-refractivity contribution in [2.45, 2.75) is 50.2 Å². The van der Waals surface area contributed by atoms with Crippen molar-refractivity contribution in [2.24, 2.45) is 5.14 Å². The second-order valence-electron chi connectivity index (χ2n) is 5.48. The third kappa shape index (κ3) is 4.04. The lowest BCUT2D eigenvalue weighted by atomic mass is 9.96. The highest BCUT2D eigenvalue weighted by Gasteiger charge is 2.30. The highest BCUT2D eigenvalue weighted by molar-refractivity contribution is 7.89. The molecule has 19 heavy (non-hydrogen) atoms. The Morgan fingerprint density at radius 2 is 2.16 bits per heavy atom. The van der Waals surface area contributed by atoms with Gasteiger partial charge in [-0.05, 0) is 38.5 Å². The van der Waals surface area contributed by atoms with Crippen LogP contribution < -0.4 is 5.14 Å². The van der Waals surface area contributed by atoms with E-state index in [1.807, 2.05) is 0 Å². The van der Waals surface area contributed by atoms with E-state index in [1.165, 1.54) is 12.0 Å². The highest BCUT2D eigenvalue weighted by Crippen LogP contribution is 2.22. The molecular weight excluding hydrogens is 264 g/mol. The van der Waals surface area contributed by atoms with Crippen LogP contribution in [0.4, 0.5) is 0 Å². The topological polar surface area (TPSA) is 80.5 Å². The van der Waals surface area contributed by atoms with Gasteiger partial charge in [0.15, 0.2) is 0 Å². The number of rotatable bonds is 3. The lowest BCUT2D eigenvalue weighted by Gasteiger charge is -2.32. The van der Waals surface area contributed by atoms with Crippen LogP contribution in [0.1, 0.15) is 44.9 Å². The monoisotopic (exact) mass is 286 g/mol. The molecule has 1 aliphatic carbocycles. The van der Waals surface area contributed by atoms with Gasteiger partial charge in [0.05, 0.1) is 5.25 Å². The third-order valence-corrected chi connectivity index (χ3v) is 5.27. The number of likely N-dealkylation sites (tertiary alicyclic amines) is 1. The van der Waals surface area contributed by atoms with Gasteiger partial charge in [-0.1, -0.05) is 11.6 Å². The highest BCUT2D eigenvalue weighted by atomic mass is 32.2. The SMILES string of the molecule is NS(=O)(=O)C1CCCN(C(=O)CC2=CCCCC2)C1. The molecule has 1 saturated heterocycles. The molecule has 2 aliphatic rings. The quantitative estimate of drug-likeness (QED) is 0.790. The summed E-state index contributed by atoms with van der Waals surface area (Å²) in [5.74, 6) is 0.0431. The number of piperidine rings is 1. The summed E-state index contributed by atoms with van der Waals surface area (Å²) in [4.78, 5) is 13.8. The van der Waals surface area contributed by atoms with Gasteiger partial charge in [0.25, 0.3) is 0 Å². The minimum atomic E-state index is -3.53. The van der Waals surface area contributed by atoms with Crippen molar-refractivity contribution in [1.82, 2.24) is 4.90 Å². The van der Waals surface area contributed by atoms with Gasteiger partial charge in [-0.3, -0.25) is 4.79 Å². The normalized spacial score (nSPS) is 25.0. The van der Waals surface area contributed by atoms with Crippen LogP contribution >= 0.6 is 0 Å². The molecule has 1 heterocycles. The smallest absolute Gasteiger partial charge is 0.226 e. The van der Waals surface area contributed by atoms with Gasteiger partial charge in [0.1, 0.15) is 0 Å². The first-order chi connectivity index (χ1) is 8.97. The average molecular weight is 286 g/mol. The van der Waals surface area contributed by atoms with Crippen molar-refractivity contribution in [3.63, 3.8) is 0 Å². The minimum Gasteiger partial charge on any atom is -0.341 e. The molecule has 0 saturated carbocycles. The van der Waals surface area contributed by atoms with E-state index in [4.69, 9.17) is 5.14 Å². The van der Waals surface area contributed by atoms with Crippen LogP contribution in [0.15, 0.2) is 11.6 Å². The van der Waals surface area contributed by atoms with Crippen LogP contribution in [0.5, 0.6) is 0 Å². The fourth-order valence-electron chi connectivity index (χ4n) is 2.80. The summed E-state index contributed by atoms with van der Waals surface area (Å²) in [6.45, 7) is 0.906. The summed E-state index contributed by atoms with van der Waals surface area (Å²) in [6.07, 6.45) is 8.28. The molecule has 2 N–H and O–H groups in total. The van der Waals surface area contributed by atoms with Gasteiger partial charge in [0, 0.05) is 19.5 Å². The third-order valence-electron chi connectivity index (χ3n) is 3.96. The molecule has 1 atom stereocenters. The number of hydrogen-bond acceptors (Lipinski definition) is 3. The maximum Gasteiger partial charge on any atom is 0.226 e. The lowest BCUT2D eigenvalue weighted by molar-refractivity contribution is -0.131. The Kier molecular flexibility index (Phi) is 4.62. The van der Waals surface area contributed by atoms with Gasteiger partial charge in [0.2, 0.25) is 15.9 Å². The van der Waals surface area contributed by atoms with E-state index >= 15 is 0 Å². The Labute approximate surface area is 114 Å². The largest absolute Gasteiger partial charge is 0.341 e. The predicted octanol–water partition coefficient (Wildman–Crippen LogP) is 1.16. The van der Waals surface area contributed by atoms with Crippen LogP contribution in [0.2, 0.25) is 0 Å². The molecule has 108 valence electrons. The van der Waals surface area contributed by atoms with Crippen molar-refractivity contribution >= 4 is 15.9 Å². The van der Waals surface area contributed by atoms with Crippen LogP contribution in [0.3, 0.4) is 0 Å². The Morgan fingerprint density at radius 1 is 1.37 bits per heavy atom. The maximum atomic E-state index is 12.2. The Bertz CT molecular complexity index is 470. The van der Waals surface area contributed by atoms with Gasteiger partial charge in [-0.15, -0.1) is 0 Å². The van der Waals surface area contributed by atoms with E-state index in [-0.39, 0.29) is 12.5 Å². The number of hydrogen-bond donors (Lipinski definition) is 1. The second kappa shape index (κ2) is 6.05. The number of primary sulfonamides is 1. The van der Waals surface area contributed by atoms with Gasteiger partial charge >= 0.3 is 0 Å². The molecule has 1 aliphatic heterocycles. The van der Waals surface area contributed by atoms with Crippen molar-refractivity contribution < 1.29 is 13.2 Å².